The van der Waals surface area contributed by atoms with Crippen LogP contribution in [-0.2, 0) is 6.54 Å². The van der Waals surface area contributed by atoms with Crippen LogP contribution < -0.4 is 0 Å². The Balaban J connectivity index is 2.04. The average molecular weight is 164 g/mol. The van der Waals surface area contributed by atoms with Gasteiger partial charge in [-0.25, -0.2) is 5.21 Å². The molecule has 0 atom stereocenters. The summed E-state index contributed by atoms with van der Waals surface area (Å²) >= 11 is 0. The first-order valence-electron chi connectivity index (χ1n) is 4.41. The molecule has 0 aliphatic carbocycles. The van der Waals surface area contributed by atoms with E-state index in [4.69, 9.17) is 0 Å². The topological polar surface area (TPSA) is 20.2 Å². The molecule has 1 aliphatic rings. The molecule has 0 aromatic heterocycles. The zero-order valence-electron chi connectivity index (χ0n) is 7.11. The Labute approximate surface area is 72.6 Å². The van der Waals surface area contributed by atoms with Crippen molar-refractivity contribution in [3.05, 3.63) is 35.9 Å². The lowest BCUT2D eigenvalue weighted by molar-refractivity contribution is -1.14. The van der Waals surface area contributed by atoms with Gasteiger partial charge in [-0.3, -0.25) is 0 Å². The Morgan fingerprint density at radius 1 is 1.17 bits per heavy atom. The molecule has 1 saturated heterocycles. The zero-order chi connectivity index (χ0) is 8.44. The summed E-state index contributed by atoms with van der Waals surface area (Å²) in [7, 11) is 0. The Morgan fingerprint density at radius 3 is 2.33 bits per heavy atom. The first-order chi connectivity index (χ1) is 5.79. The minimum Gasteiger partial charge on any atom is -0.217 e. The molecule has 1 aromatic carbocycles. The Kier molecular flexibility index (Phi) is 1.87. The van der Waals surface area contributed by atoms with Crippen LogP contribution in [0.1, 0.15) is 12.0 Å². The predicted molar refractivity (Wildman–Crippen MR) is 46.5 cm³/mol. The highest BCUT2D eigenvalue weighted by Gasteiger charge is 2.34. The van der Waals surface area contributed by atoms with Crippen molar-refractivity contribution in [1.82, 2.24) is 0 Å². The molecular weight excluding hydrogens is 150 g/mol. The Morgan fingerprint density at radius 2 is 1.83 bits per heavy atom. The van der Waals surface area contributed by atoms with E-state index >= 15 is 0 Å². The molecule has 0 spiro atoms. The van der Waals surface area contributed by atoms with E-state index in [0.717, 1.165) is 26.1 Å². The summed E-state index contributed by atoms with van der Waals surface area (Å²) in [5.74, 6) is 0. The molecule has 1 N–H and O–H groups in total. The molecule has 0 bridgehead atoms. The molecule has 0 radical (unpaired) electrons. The minimum absolute atomic E-state index is 0.240. The zero-order valence-corrected chi connectivity index (χ0v) is 7.11. The van der Waals surface area contributed by atoms with Crippen molar-refractivity contribution in [1.29, 1.82) is 0 Å². The summed E-state index contributed by atoms with van der Waals surface area (Å²) in [4.78, 5) is 0. The normalized spacial score (nSPS) is 20.1. The van der Waals surface area contributed by atoms with E-state index < -0.39 is 0 Å². The molecular formula is C10H14NO+. The van der Waals surface area contributed by atoms with E-state index in [1.807, 2.05) is 18.2 Å². The molecule has 0 saturated carbocycles. The van der Waals surface area contributed by atoms with Crippen molar-refractivity contribution >= 4 is 0 Å². The van der Waals surface area contributed by atoms with Gasteiger partial charge in [-0.05, 0) is 0 Å². The van der Waals surface area contributed by atoms with Crippen LogP contribution >= 0.6 is 0 Å². The van der Waals surface area contributed by atoms with Crippen LogP contribution in [0.25, 0.3) is 0 Å². The van der Waals surface area contributed by atoms with E-state index in [-0.39, 0.29) is 4.65 Å². The van der Waals surface area contributed by atoms with E-state index in [9.17, 15) is 5.21 Å². The highest BCUT2D eigenvalue weighted by atomic mass is 16.5. The van der Waals surface area contributed by atoms with E-state index in [1.165, 1.54) is 5.56 Å². The van der Waals surface area contributed by atoms with Crippen molar-refractivity contribution in [3.8, 4) is 0 Å². The summed E-state index contributed by atoms with van der Waals surface area (Å²) in [5.41, 5.74) is 1.22. The highest BCUT2D eigenvalue weighted by Crippen LogP contribution is 2.20. The van der Waals surface area contributed by atoms with Gasteiger partial charge in [0.25, 0.3) is 0 Å². The van der Waals surface area contributed by atoms with Gasteiger partial charge in [0.1, 0.15) is 19.6 Å². The van der Waals surface area contributed by atoms with Gasteiger partial charge in [0.15, 0.2) is 0 Å². The largest absolute Gasteiger partial charge is 0.217 e. The SMILES string of the molecule is O[N+]1(Cc2ccccc2)CCC1. The second kappa shape index (κ2) is 2.88. The molecule has 1 aliphatic heterocycles. The highest BCUT2D eigenvalue weighted by molar-refractivity contribution is 5.13. The fourth-order valence-electron chi connectivity index (χ4n) is 1.60. The first-order valence-corrected chi connectivity index (χ1v) is 4.41. The second-order valence-corrected chi connectivity index (χ2v) is 3.54. The van der Waals surface area contributed by atoms with E-state index in [1.54, 1.807) is 0 Å². The average Bonchev–Trinajstić information content (AvgIpc) is 2.04. The van der Waals surface area contributed by atoms with Crippen LogP contribution in [0.4, 0.5) is 0 Å². The van der Waals surface area contributed by atoms with Gasteiger partial charge in [0.05, 0.1) is 6.42 Å². The van der Waals surface area contributed by atoms with Crippen LogP contribution in [0.5, 0.6) is 0 Å². The van der Waals surface area contributed by atoms with Gasteiger partial charge < -0.3 is 0 Å². The van der Waals surface area contributed by atoms with Crippen molar-refractivity contribution in [3.63, 3.8) is 0 Å². The molecule has 12 heavy (non-hydrogen) atoms. The lowest BCUT2D eigenvalue weighted by Gasteiger charge is -2.37. The molecule has 0 amide bonds. The number of likely N-dealkylation sites (tertiary alicyclic amines) is 1. The third-order valence-corrected chi connectivity index (χ3v) is 2.47. The number of benzene rings is 1. The number of hydrogen-bond donors (Lipinski definition) is 1. The summed E-state index contributed by atoms with van der Waals surface area (Å²) in [6.45, 7) is 2.59. The quantitative estimate of drug-likeness (QED) is 0.661. The Bertz CT molecular complexity index is 254. The molecule has 64 valence electrons. The molecule has 1 heterocycles. The summed E-state index contributed by atoms with van der Waals surface area (Å²) in [6.07, 6.45) is 1.16. The lowest BCUT2D eigenvalue weighted by Crippen LogP contribution is -2.54. The second-order valence-electron chi connectivity index (χ2n) is 3.54. The van der Waals surface area contributed by atoms with Gasteiger partial charge in [-0.2, -0.15) is 4.65 Å². The summed E-state index contributed by atoms with van der Waals surface area (Å²) in [6, 6.07) is 10.2. The number of rotatable bonds is 2. The maximum Gasteiger partial charge on any atom is 0.134 e. The lowest BCUT2D eigenvalue weighted by atomic mass is 10.1. The van der Waals surface area contributed by atoms with E-state index in [2.05, 4.69) is 12.1 Å². The van der Waals surface area contributed by atoms with Gasteiger partial charge in [0, 0.05) is 5.56 Å². The van der Waals surface area contributed by atoms with Gasteiger partial charge in [-0.1, -0.05) is 30.3 Å². The Hall–Kier alpha value is -0.860. The van der Waals surface area contributed by atoms with E-state index in [0.29, 0.717) is 0 Å². The van der Waals surface area contributed by atoms with Crippen molar-refractivity contribution in [2.75, 3.05) is 13.1 Å². The summed E-state index contributed by atoms with van der Waals surface area (Å²) in [5, 5.41) is 9.80. The number of nitrogens with zero attached hydrogens (tertiary/aromatic N) is 1. The molecule has 2 nitrogen and oxygen atoms in total. The molecule has 2 rings (SSSR count). The standard InChI is InChI=1S/C10H14NO/c12-11(7-4-8-11)9-10-5-2-1-3-6-10/h1-3,5-6,12H,4,7-9H2/q+1. The van der Waals surface area contributed by atoms with Crippen molar-refractivity contribution < 1.29 is 9.85 Å². The van der Waals surface area contributed by atoms with Gasteiger partial charge in [-0.15, -0.1) is 0 Å². The monoisotopic (exact) mass is 164 g/mol. The molecule has 1 fully saturated rings. The van der Waals surface area contributed by atoms with Crippen molar-refractivity contribution in [2.45, 2.75) is 13.0 Å². The molecule has 2 heteroatoms. The first kappa shape index (κ1) is 7.77. The maximum atomic E-state index is 9.80. The van der Waals surface area contributed by atoms with Crippen molar-refractivity contribution in [2.24, 2.45) is 0 Å². The van der Waals surface area contributed by atoms with Crippen LogP contribution in [0.3, 0.4) is 0 Å². The van der Waals surface area contributed by atoms with Crippen LogP contribution in [0.15, 0.2) is 30.3 Å². The minimum atomic E-state index is 0.240. The molecule has 0 unspecified atom stereocenters. The number of hydrogen-bond acceptors (Lipinski definition) is 1. The van der Waals surface area contributed by atoms with Gasteiger partial charge >= 0.3 is 0 Å². The predicted octanol–water partition coefficient (Wildman–Crippen LogP) is 1.80. The number of hydroxylamine groups is 3. The smallest absolute Gasteiger partial charge is 0.134 e. The van der Waals surface area contributed by atoms with Crippen LogP contribution in [0, 0.1) is 0 Å². The fraction of sp³-hybridized carbons (Fsp3) is 0.400. The van der Waals surface area contributed by atoms with Crippen LogP contribution in [-0.4, -0.2) is 22.9 Å². The molecule has 1 aromatic rings. The maximum absolute atomic E-state index is 9.80. The van der Waals surface area contributed by atoms with Crippen LogP contribution in [0.2, 0.25) is 0 Å². The third-order valence-electron chi connectivity index (χ3n) is 2.47. The number of quaternary nitrogens is 1. The summed E-state index contributed by atoms with van der Waals surface area (Å²) < 4.78 is 0.240. The third kappa shape index (κ3) is 1.49. The fourth-order valence-corrected chi connectivity index (χ4v) is 1.60. The van der Waals surface area contributed by atoms with Gasteiger partial charge in [0.2, 0.25) is 0 Å².